The number of rotatable bonds is 9. The number of pyridine rings is 2. The summed E-state index contributed by atoms with van der Waals surface area (Å²) in [6.45, 7) is 8.07. The van der Waals surface area contributed by atoms with Crippen LogP contribution >= 0.6 is 0 Å². The van der Waals surface area contributed by atoms with Gasteiger partial charge in [0, 0.05) is 72.6 Å². The van der Waals surface area contributed by atoms with Gasteiger partial charge in [-0.2, -0.15) is 0 Å². The van der Waals surface area contributed by atoms with Crippen LogP contribution in [0.3, 0.4) is 0 Å². The van der Waals surface area contributed by atoms with Crippen molar-refractivity contribution in [3.63, 3.8) is 0 Å². The molecule has 0 atom stereocenters. The third-order valence-corrected chi connectivity index (χ3v) is 9.65. The summed E-state index contributed by atoms with van der Waals surface area (Å²) in [5.41, 5.74) is 8.38. The van der Waals surface area contributed by atoms with Crippen LogP contribution in [0.2, 0.25) is 0 Å². The molecule has 6 heteroatoms. The van der Waals surface area contributed by atoms with Gasteiger partial charge in [0.2, 0.25) is 0 Å². The predicted molar refractivity (Wildman–Crippen MR) is 196 cm³/mol. The number of carbonyl (C=O) groups is 1. The van der Waals surface area contributed by atoms with Crippen LogP contribution < -0.4 is 0 Å². The van der Waals surface area contributed by atoms with Gasteiger partial charge in [0.05, 0.1) is 11.5 Å². The molecule has 6 aromatic rings. The Labute approximate surface area is 302 Å². The van der Waals surface area contributed by atoms with E-state index in [2.05, 4.69) is 77.8 Å². The van der Waals surface area contributed by atoms with Crippen molar-refractivity contribution in [2.45, 2.75) is 66.2 Å². The molecule has 0 amide bonds. The summed E-state index contributed by atoms with van der Waals surface area (Å²) in [4.78, 5) is 21.1. The molecule has 0 spiro atoms. The fraction of sp³-hybridized carbons (Fsp3) is 0.279. The number of nitrogens with zero attached hydrogens (tertiary/aromatic N) is 2. The quantitative estimate of drug-likeness (QED) is 0.0892. The van der Waals surface area contributed by atoms with Crippen LogP contribution in [-0.2, 0) is 37.7 Å². The van der Waals surface area contributed by atoms with Gasteiger partial charge in [0.1, 0.15) is 11.3 Å². The van der Waals surface area contributed by atoms with Crippen LogP contribution in [0.4, 0.5) is 0 Å². The largest absolute Gasteiger partial charge is 0.512 e. The molecule has 0 bridgehead atoms. The van der Waals surface area contributed by atoms with Crippen LogP contribution in [0, 0.1) is 17.9 Å². The van der Waals surface area contributed by atoms with Gasteiger partial charge in [-0.3, -0.25) is 14.8 Å². The van der Waals surface area contributed by atoms with Gasteiger partial charge < -0.3 is 9.52 Å². The van der Waals surface area contributed by atoms with Crippen LogP contribution in [0.25, 0.3) is 55.4 Å². The predicted octanol–water partition coefficient (Wildman–Crippen LogP) is 11.1. The number of benzene rings is 3. The van der Waals surface area contributed by atoms with Gasteiger partial charge in [0.25, 0.3) is 0 Å². The molecule has 0 aliphatic heterocycles. The zero-order valence-corrected chi connectivity index (χ0v) is 31.0. The van der Waals surface area contributed by atoms with Crippen molar-refractivity contribution in [1.82, 2.24) is 9.97 Å². The Hall–Kier alpha value is -4.38. The van der Waals surface area contributed by atoms with Gasteiger partial charge in [-0.25, -0.2) is 0 Å². The molecule has 0 saturated heterocycles. The first-order valence-corrected chi connectivity index (χ1v) is 17.3. The molecular formula is C43H43IrN2O3-. The first kappa shape index (κ1) is 35.9. The van der Waals surface area contributed by atoms with Gasteiger partial charge in [-0.05, 0) is 62.3 Å². The Bertz CT molecular complexity index is 2070. The molecule has 0 fully saturated rings. The van der Waals surface area contributed by atoms with E-state index in [4.69, 9.17) is 9.40 Å². The molecule has 3 aromatic heterocycles. The Morgan fingerprint density at radius 3 is 2.27 bits per heavy atom. The average Bonchev–Trinajstić information content (AvgIpc) is 3.52. The van der Waals surface area contributed by atoms with E-state index in [1.165, 1.54) is 28.2 Å². The molecule has 1 N–H and O–H groups in total. The number of furan rings is 1. The zero-order valence-electron chi connectivity index (χ0n) is 28.6. The molecule has 1 aliphatic rings. The molecule has 0 unspecified atom stereocenters. The first-order chi connectivity index (χ1) is 23.5. The molecule has 1 aliphatic carbocycles. The van der Waals surface area contributed by atoms with Crippen LogP contribution in [0.5, 0.6) is 0 Å². The number of aliphatic hydroxyl groups excluding tert-OH is 1. The van der Waals surface area contributed by atoms with Gasteiger partial charge in [-0.1, -0.05) is 92.7 Å². The molecule has 3 heterocycles. The van der Waals surface area contributed by atoms with E-state index in [1.807, 2.05) is 52.2 Å². The summed E-state index contributed by atoms with van der Waals surface area (Å²) < 4.78 is 6.54. The minimum atomic E-state index is 0. The van der Waals surface area contributed by atoms with Crippen molar-refractivity contribution in [3.8, 4) is 33.7 Å². The van der Waals surface area contributed by atoms with Gasteiger partial charge in [0.15, 0.2) is 5.78 Å². The summed E-state index contributed by atoms with van der Waals surface area (Å²) in [6, 6.07) is 30.8. The molecule has 0 saturated carbocycles. The molecule has 49 heavy (non-hydrogen) atoms. The van der Waals surface area contributed by atoms with Crippen molar-refractivity contribution in [2.24, 2.45) is 11.8 Å². The number of hydrogen-bond acceptors (Lipinski definition) is 5. The summed E-state index contributed by atoms with van der Waals surface area (Å²) >= 11 is 0. The topological polar surface area (TPSA) is 76.2 Å². The van der Waals surface area contributed by atoms with Crippen molar-refractivity contribution in [2.75, 3.05) is 0 Å². The number of aliphatic hydroxyl groups is 1. The standard InChI is InChI=1S/C30H19N2O.C13H24O2.Ir/c1-2-7-19(8-3-1)26-18-21(17-20-9-4-5-10-22(20)26)28-30-24(14-16-32-28)23-12-13-27-25(29(23)33-30)11-6-15-31-27;1-5-10(6-2)12(14)9-13(15)11(7-3)8-4;/h1-11,14-16,18H,12-13H2;9-11,14H,5-8H2,1-4H3;/q-1;;/b;12-9-;. The normalized spacial score (nSPS) is 12.3. The second kappa shape index (κ2) is 16.3. The van der Waals surface area contributed by atoms with E-state index in [0.29, 0.717) is 0 Å². The summed E-state index contributed by atoms with van der Waals surface area (Å²) in [7, 11) is 0. The van der Waals surface area contributed by atoms with Crippen molar-refractivity contribution in [1.29, 1.82) is 0 Å². The number of hydrogen-bond donors (Lipinski definition) is 1. The van der Waals surface area contributed by atoms with Crippen molar-refractivity contribution in [3.05, 3.63) is 120 Å². The second-order valence-corrected chi connectivity index (χ2v) is 12.5. The van der Waals surface area contributed by atoms with E-state index < -0.39 is 0 Å². The van der Waals surface area contributed by atoms with E-state index >= 15 is 0 Å². The van der Waals surface area contributed by atoms with Crippen LogP contribution in [-0.4, -0.2) is 20.9 Å². The number of aromatic nitrogens is 2. The third-order valence-electron chi connectivity index (χ3n) is 9.65. The first-order valence-electron chi connectivity index (χ1n) is 17.3. The molecule has 253 valence electrons. The average molecular weight is 828 g/mol. The fourth-order valence-electron chi connectivity index (χ4n) is 6.81. The molecule has 7 rings (SSSR count). The smallest absolute Gasteiger partial charge is 0.162 e. The van der Waals surface area contributed by atoms with Crippen LogP contribution in [0.15, 0.2) is 108 Å². The minimum Gasteiger partial charge on any atom is -0.512 e. The number of aryl methyl sites for hydroxylation is 2. The van der Waals surface area contributed by atoms with E-state index in [9.17, 15) is 9.90 Å². The van der Waals surface area contributed by atoms with Crippen molar-refractivity contribution >= 4 is 27.5 Å². The maximum absolute atomic E-state index is 11.7. The fourth-order valence-corrected chi connectivity index (χ4v) is 6.81. The van der Waals surface area contributed by atoms with E-state index in [1.54, 1.807) is 0 Å². The Balaban J connectivity index is 0.000000252. The van der Waals surface area contributed by atoms with E-state index in [-0.39, 0.29) is 43.5 Å². The second-order valence-electron chi connectivity index (χ2n) is 12.5. The Morgan fingerprint density at radius 2 is 1.53 bits per heavy atom. The Kier molecular flexibility index (Phi) is 12.0. The molecule has 3 aromatic carbocycles. The SMILES string of the molecule is CCC(CC)C(=O)/C=C(\O)C(CC)CC.[Ir].[c-]1c(-c2nccc3c4c(oc23)-c2cccnc2CC4)cc(-c2ccccc2)c2ccccc12. The summed E-state index contributed by atoms with van der Waals surface area (Å²) in [6.07, 6.45) is 10.5. The number of fused-ring (bicyclic) bond motifs is 6. The number of carbonyl (C=O) groups excluding carboxylic acids is 1. The monoisotopic (exact) mass is 828 g/mol. The summed E-state index contributed by atoms with van der Waals surface area (Å²) in [5, 5.41) is 13.1. The maximum Gasteiger partial charge on any atom is 0.162 e. The molecule has 5 nitrogen and oxygen atoms in total. The molecule has 1 radical (unpaired) electrons. The van der Waals surface area contributed by atoms with Crippen molar-refractivity contribution < 1.29 is 34.4 Å². The molecular weight excluding hydrogens is 785 g/mol. The van der Waals surface area contributed by atoms with Crippen LogP contribution in [0.1, 0.15) is 64.6 Å². The number of ketones is 1. The number of allylic oxidation sites excluding steroid dienone is 2. The summed E-state index contributed by atoms with van der Waals surface area (Å²) in [5.74, 6) is 1.48. The minimum absolute atomic E-state index is 0. The third kappa shape index (κ3) is 7.46. The zero-order chi connectivity index (χ0) is 33.6. The maximum atomic E-state index is 11.7. The van der Waals surface area contributed by atoms with Gasteiger partial charge >= 0.3 is 0 Å². The Morgan fingerprint density at radius 1 is 0.816 bits per heavy atom. The van der Waals surface area contributed by atoms with E-state index in [0.717, 1.165) is 83.2 Å². The van der Waals surface area contributed by atoms with Gasteiger partial charge in [-0.15, -0.1) is 23.6 Å².